The highest BCUT2D eigenvalue weighted by molar-refractivity contribution is 14.1. The Morgan fingerprint density at radius 1 is 1.00 bits per heavy atom. The van der Waals surface area contributed by atoms with E-state index in [0.29, 0.717) is 11.5 Å². The number of aliphatic hydroxyl groups is 1. The Kier molecular flexibility index (Phi) is 4.84. The highest BCUT2D eigenvalue weighted by Crippen LogP contribution is 2.30. The van der Waals surface area contributed by atoms with Gasteiger partial charge in [-0.05, 0) is 71.8 Å². The van der Waals surface area contributed by atoms with Crippen LogP contribution >= 0.6 is 22.6 Å². The van der Waals surface area contributed by atoms with Crippen molar-refractivity contribution in [3.8, 4) is 11.3 Å². The summed E-state index contributed by atoms with van der Waals surface area (Å²) in [7, 11) is 0. The lowest BCUT2D eigenvalue weighted by molar-refractivity contribution is 0.202. The number of anilines is 1. The molecule has 1 unspecified atom stereocenters. The van der Waals surface area contributed by atoms with Crippen LogP contribution in [0, 0.1) is 17.4 Å². The highest BCUT2D eigenvalue weighted by Gasteiger charge is 2.21. The van der Waals surface area contributed by atoms with E-state index in [9.17, 15) is 5.11 Å². The van der Waals surface area contributed by atoms with E-state index in [1.54, 1.807) is 6.20 Å². The van der Waals surface area contributed by atoms with Crippen molar-refractivity contribution in [3.05, 3.63) is 81.3 Å². The zero-order valence-corrected chi connectivity index (χ0v) is 17.2. The number of imidazole rings is 1. The lowest BCUT2D eigenvalue weighted by Crippen LogP contribution is -2.14. The Hall–Kier alpha value is -2.45. The molecular formula is C21H19IN4O. The van der Waals surface area contributed by atoms with Crippen LogP contribution < -0.4 is 5.32 Å². The monoisotopic (exact) mass is 470 g/mol. The quantitative estimate of drug-likeness (QED) is 0.335. The second-order valence-corrected chi connectivity index (χ2v) is 7.80. The Morgan fingerprint density at radius 2 is 1.74 bits per heavy atom. The van der Waals surface area contributed by atoms with Gasteiger partial charge in [0, 0.05) is 21.5 Å². The van der Waals surface area contributed by atoms with E-state index in [-0.39, 0.29) is 0 Å². The van der Waals surface area contributed by atoms with Gasteiger partial charge in [-0.15, -0.1) is 0 Å². The zero-order chi connectivity index (χ0) is 19.0. The van der Waals surface area contributed by atoms with Gasteiger partial charge in [0.2, 0.25) is 0 Å². The smallest absolute Gasteiger partial charge is 0.169 e. The third kappa shape index (κ3) is 3.68. The number of nitrogens with one attached hydrogen (secondary N) is 1. The van der Waals surface area contributed by atoms with Crippen molar-refractivity contribution in [1.29, 1.82) is 0 Å². The van der Waals surface area contributed by atoms with Crippen LogP contribution in [0.2, 0.25) is 0 Å². The molecule has 3 heterocycles. The first-order chi connectivity index (χ1) is 13.0. The number of pyridine rings is 2. The van der Waals surface area contributed by atoms with Crippen LogP contribution in [-0.4, -0.2) is 19.5 Å². The fourth-order valence-electron chi connectivity index (χ4n) is 3.01. The van der Waals surface area contributed by atoms with Crippen molar-refractivity contribution in [2.45, 2.75) is 20.1 Å². The number of hydrogen-bond donors (Lipinski definition) is 2. The molecule has 0 saturated carbocycles. The predicted octanol–water partition coefficient (Wildman–Crippen LogP) is 4.72. The number of fused-ring (bicyclic) bond motifs is 1. The minimum Gasteiger partial charge on any atom is -0.368 e. The van der Waals surface area contributed by atoms with E-state index < -0.39 is 6.23 Å². The molecule has 27 heavy (non-hydrogen) atoms. The van der Waals surface area contributed by atoms with Gasteiger partial charge in [0.25, 0.3) is 0 Å². The summed E-state index contributed by atoms with van der Waals surface area (Å²) in [6.45, 7) is 4.00. The Balaban J connectivity index is 1.83. The molecule has 136 valence electrons. The second-order valence-electron chi connectivity index (χ2n) is 6.55. The molecule has 4 rings (SSSR count). The van der Waals surface area contributed by atoms with Crippen LogP contribution in [0.25, 0.3) is 16.9 Å². The van der Waals surface area contributed by atoms with Crippen molar-refractivity contribution >= 4 is 34.1 Å². The summed E-state index contributed by atoms with van der Waals surface area (Å²) >= 11 is 2.28. The molecule has 0 aliphatic carbocycles. The number of aliphatic hydroxyl groups excluding tert-OH is 1. The topological polar surface area (TPSA) is 62.5 Å². The van der Waals surface area contributed by atoms with Crippen molar-refractivity contribution < 1.29 is 5.11 Å². The first-order valence-electron chi connectivity index (χ1n) is 8.63. The zero-order valence-electron chi connectivity index (χ0n) is 15.0. The molecule has 0 aliphatic rings. The average molecular weight is 470 g/mol. The normalized spacial score (nSPS) is 12.3. The van der Waals surface area contributed by atoms with Crippen molar-refractivity contribution in [3.63, 3.8) is 0 Å². The molecule has 0 aliphatic heterocycles. The van der Waals surface area contributed by atoms with Crippen molar-refractivity contribution in [2.24, 2.45) is 0 Å². The van der Waals surface area contributed by atoms with Gasteiger partial charge in [-0.1, -0.05) is 24.3 Å². The molecule has 0 spiro atoms. The van der Waals surface area contributed by atoms with Gasteiger partial charge in [-0.25, -0.2) is 9.97 Å². The van der Waals surface area contributed by atoms with Gasteiger partial charge in [0.05, 0.1) is 11.4 Å². The standard InChI is InChI=1S/C21H19IN4O/c1-13-3-9-17(23-11-13)24-21(27)20-19(15-5-7-16(22)8-6-15)25-18-10-4-14(2)12-26(18)20/h3-12,21,27H,1-2H3,(H,23,24). The fraction of sp³-hybridized carbons (Fsp3) is 0.143. The van der Waals surface area contributed by atoms with Crippen LogP contribution in [0.3, 0.4) is 0 Å². The van der Waals surface area contributed by atoms with E-state index in [1.807, 2.05) is 73.0 Å². The SMILES string of the molecule is Cc1ccc(NC(O)c2c(-c3ccc(I)cc3)nc3ccc(C)cn23)nc1. The van der Waals surface area contributed by atoms with E-state index in [4.69, 9.17) is 4.98 Å². The Bertz CT molecular complexity index is 1090. The van der Waals surface area contributed by atoms with Gasteiger partial charge < -0.3 is 10.4 Å². The summed E-state index contributed by atoms with van der Waals surface area (Å²) in [5, 5.41) is 14.1. The van der Waals surface area contributed by atoms with Crippen LogP contribution in [0.5, 0.6) is 0 Å². The van der Waals surface area contributed by atoms with Crippen LogP contribution in [0.1, 0.15) is 23.0 Å². The van der Waals surface area contributed by atoms with Gasteiger partial charge in [0.1, 0.15) is 11.5 Å². The van der Waals surface area contributed by atoms with Crippen LogP contribution in [-0.2, 0) is 0 Å². The maximum Gasteiger partial charge on any atom is 0.169 e. The molecule has 0 radical (unpaired) electrons. The number of aromatic nitrogens is 3. The third-order valence-electron chi connectivity index (χ3n) is 4.38. The number of rotatable bonds is 4. The van der Waals surface area contributed by atoms with E-state index in [2.05, 4.69) is 32.9 Å². The molecule has 0 fully saturated rings. The van der Waals surface area contributed by atoms with Gasteiger partial charge >= 0.3 is 0 Å². The van der Waals surface area contributed by atoms with E-state index >= 15 is 0 Å². The molecule has 0 amide bonds. The summed E-state index contributed by atoms with van der Waals surface area (Å²) in [6.07, 6.45) is 2.81. The number of benzene rings is 1. The minimum atomic E-state index is -0.953. The van der Waals surface area contributed by atoms with E-state index in [0.717, 1.165) is 31.6 Å². The van der Waals surface area contributed by atoms with Gasteiger partial charge in [-0.2, -0.15) is 0 Å². The fourth-order valence-corrected chi connectivity index (χ4v) is 3.37. The largest absolute Gasteiger partial charge is 0.368 e. The second kappa shape index (κ2) is 7.28. The Labute approximate surface area is 171 Å². The van der Waals surface area contributed by atoms with Crippen molar-refractivity contribution in [1.82, 2.24) is 14.4 Å². The molecule has 6 heteroatoms. The maximum atomic E-state index is 11.0. The molecule has 5 nitrogen and oxygen atoms in total. The molecule has 0 saturated heterocycles. The first-order valence-corrected chi connectivity index (χ1v) is 9.71. The van der Waals surface area contributed by atoms with Crippen LogP contribution in [0.15, 0.2) is 60.9 Å². The molecule has 1 aromatic carbocycles. The number of nitrogens with zero attached hydrogens (tertiary/aromatic N) is 3. The van der Waals surface area contributed by atoms with Gasteiger partial charge in [-0.3, -0.25) is 4.40 Å². The lowest BCUT2D eigenvalue weighted by Gasteiger charge is -2.16. The highest BCUT2D eigenvalue weighted by atomic mass is 127. The van der Waals surface area contributed by atoms with Gasteiger partial charge in [0.15, 0.2) is 6.23 Å². The summed E-state index contributed by atoms with van der Waals surface area (Å²) in [4.78, 5) is 9.11. The number of aryl methyl sites for hydroxylation is 2. The summed E-state index contributed by atoms with van der Waals surface area (Å²) < 4.78 is 3.09. The predicted molar refractivity (Wildman–Crippen MR) is 116 cm³/mol. The molecule has 0 bridgehead atoms. The third-order valence-corrected chi connectivity index (χ3v) is 5.10. The lowest BCUT2D eigenvalue weighted by atomic mass is 10.1. The summed E-state index contributed by atoms with van der Waals surface area (Å²) in [5.74, 6) is 0.615. The number of halogens is 1. The molecular weight excluding hydrogens is 451 g/mol. The molecule has 2 N–H and O–H groups in total. The van der Waals surface area contributed by atoms with E-state index in [1.165, 1.54) is 0 Å². The molecule has 1 atom stereocenters. The number of hydrogen-bond acceptors (Lipinski definition) is 4. The summed E-state index contributed by atoms with van der Waals surface area (Å²) in [5.41, 5.74) is 5.36. The molecule has 4 aromatic rings. The molecule has 3 aromatic heterocycles. The summed E-state index contributed by atoms with van der Waals surface area (Å²) in [6, 6.07) is 15.9. The minimum absolute atomic E-state index is 0.615. The Morgan fingerprint density at radius 3 is 2.44 bits per heavy atom. The van der Waals surface area contributed by atoms with Crippen LogP contribution in [0.4, 0.5) is 5.82 Å². The average Bonchev–Trinajstić information content (AvgIpc) is 3.03. The maximum absolute atomic E-state index is 11.0. The first kappa shape index (κ1) is 17.9. The van der Waals surface area contributed by atoms with Crippen molar-refractivity contribution in [2.75, 3.05) is 5.32 Å².